The van der Waals surface area contributed by atoms with Gasteiger partial charge in [0.1, 0.15) is 5.82 Å². The van der Waals surface area contributed by atoms with E-state index in [-0.39, 0.29) is 5.69 Å². The van der Waals surface area contributed by atoms with Gasteiger partial charge in [-0.25, -0.2) is 12.8 Å². The molecule has 1 atom stereocenters. The van der Waals surface area contributed by atoms with Crippen LogP contribution in [0.5, 0.6) is 0 Å². The lowest BCUT2D eigenvalue weighted by molar-refractivity contribution is 0.574. The summed E-state index contributed by atoms with van der Waals surface area (Å²) < 4.78 is 40.2. The molecule has 106 valence electrons. The van der Waals surface area contributed by atoms with Crippen LogP contribution in [0.1, 0.15) is 25.3 Å². The number of nitrogens with one attached hydrogen (secondary N) is 2. The van der Waals surface area contributed by atoms with Crippen LogP contribution in [-0.2, 0) is 10.0 Å². The highest BCUT2D eigenvalue weighted by Crippen LogP contribution is 2.22. The summed E-state index contributed by atoms with van der Waals surface area (Å²) in [5.74, 6) is -0.550. The molecule has 0 heterocycles. The molecule has 6 heteroatoms. The molecule has 4 nitrogen and oxygen atoms in total. The monoisotopic (exact) mass is 286 g/mol. The largest absolute Gasteiger partial charge is 0.313 e. The number of hydrogen-bond acceptors (Lipinski definition) is 3. The van der Waals surface area contributed by atoms with E-state index in [0.717, 1.165) is 12.8 Å². The predicted octanol–water partition coefficient (Wildman–Crippen LogP) is 2.02. The normalized spacial score (nSPS) is 17.2. The molecule has 1 fully saturated rings. The van der Waals surface area contributed by atoms with Crippen LogP contribution in [0.3, 0.4) is 0 Å². The number of anilines is 1. The Kier molecular flexibility index (Phi) is 4.10. The van der Waals surface area contributed by atoms with Crippen molar-refractivity contribution in [2.24, 2.45) is 0 Å². The maximum Gasteiger partial charge on any atom is 0.236 e. The van der Waals surface area contributed by atoms with Crippen molar-refractivity contribution in [2.75, 3.05) is 11.3 Å². The average molecular weight is 286 g/mol. The standard InChI is InChI=1S/C13H19FN2O2S/c1-9-4-3-5-12(14)13(9)16-19(17,18)10(2)8-15-11-6-7-11/h3-5,10-11,15-16H,6-8H2,1-2H3. The summed E-state index contributed by atoms with van der Waals surface area (Å²) in [5.41, 5.74) is 0.617. The van der Waals surface area contributed by atoms with Crippen LogP contribution in [0.2, 0.25) is 0 Å². The quantitative estimate of drug-likeness (QED) is 0.841. The summed E-state index contributed by atoms with van der Waals surface area (Å²) in [7, 11) is -3.58. The fraction of sp³-hybridized carbons (Fsp3) is 0.538. The molecule has 1 saturated carbocycles. The number of para-hydroxylation sites is 1. The molecule has 1 aliphatic carbocycles. The Balaban J connectivity index is 2.06. The van der Waals surface area contributed by atoms with Crippen molar-refractivity contribution in [1.82, 2.24) is 5.32 Å². The summed E-state index contributed by atoms with van der Waals surface area (Å²) in [6, 6.07) is 4.93. The smallest absolute Gasteiger partial charge is 0.236 e. The first-order valence-corrected chi connectivity index (χ1v) is 7.95. The van der Waals surface area contributed by atoms with Gasteiger partial charge in [0.2, 0.25) is 10.0 Å². The predicted molar refractivity (Wildman–Crippen MR) is 74.2 cm³/mol. The van der Waals surface area contributed by atoms with Crippen LogP contribution in [0, 0.1) is 12.7 Å². The lowest BCUT2D eigenvalue weighted by atomic mass is 10.2. The fourth-order valence-electron chi connectivity index (χ4n) is 1.73. The molecule has 19 heavy (non-hydrogen) atoms. The molecular formula is C13H19FN2O2S. The van der Waals surface area contributed by atoms with Gasteiger partial charge in [0.15, 0.2) is 0 Å². The van der Waals surface area contributed by atoms with Gasteiger partial charge in [-0.3, -0.25) is 4.72 Å². The van der Waals surface area contributed by atoms with E-state index in [4.69, 9.17) is 0 Å². The minimum Gasteiger partial charge on any atom is -0.313 e. The second-order valence-corrected chi connectivity index (χ2v) is 7.17. The molecule has 0 aromatic heterocycles. The molecule has 2 N–H and O–H groups in total. The van der Waals surface area contributed by atoms with E-state index in [1.807, 2.05) is 0 Å². The van der Waals surface area contributed by atoms with Gasteiger partial charge < -0.3 is 5.32 Å². The second-order valence-electron chi connectivity index (χ2n) is 5.07. The molecule has 0 radical (unpaired) electrons. The first-order chi connectivity index (χ1) is 8.90. The zero-order valence-electron chi connectivity index (χ0n) is 11.1. The average Bonchev–Trinajstić information content (AvgIpc) is 3.15. The zero-order valence-corrected chi connectivity index (χ0v) is 11.9. The maximum absolute atomic E-state index is 13.6. The summed E-state index contributed by atoms with van der Waals surface area (Å²) in [6.45, 7) is 3.68. The number of hydrogen-bond donors (Lipinski definition) is 2. The van der Waals surface area contributed by atoms with Crippen LogP contribution in [0.15, 0.2) is 18.2 Å². The van der Waals surface area contributed by atoms with Crippen molar-refractivity contribution in [3.8, 4) is 0 Å². The lowest BCUT2D eigenvalue weighted by Crippen LogP contribution is -2.36. The highest BCUT2D eigenvalue weighted by Gasteiger charge is 2.26. The second kappa shape index (κ2) is 5.46. The Bertz CT molecular complexity index is 536. The third kappa shape index (κ3) is 3.67. The third-order valence-corrected chi connectivity index (χ3v) is 4.98. The number of rotatable bonds is 6. The number of benzene rings is 1. The minimum absolute atomic E-state index is 0.0424. The molecule has 0 amide bonds. The summed E-state index contributed by atoms with van der Waals surface area (Å²) in [6.07, 6.45) is 2.21. The van der Waals surface area contributed by atoms with E-state index in [1.54, 1.807) is 26.0 Å². The SMILES string of the molecule is Cc1cccc(F)c1NS(=O)(=O)C(C)CNC1CC1. The van der Waals surface area contributed by atoms with Crippen molar-refractivity contribution in [3.63, 3.8) is 0 Å². The number of aryl methyl sites for hydroxylation is 1. The maximum atomic E-state index is 13.6. The van der Waals surface area contributed by atoms with Gasteiger partial charge >= 0.3 is 0 Å². The van der Waals surface area contributed by atoms with E-state index in [0.29, 0.717) is 18.2 Å². The zero-order chi connectivity index (χ0) is 14.0. The van der Waals surface area contributed by atoms with Crippen LogP contribution in [0.4, 0.5) is 10.1 Å². The fourth-order valence-corrected chi connectivity index (χ4v) is 2.79. The molecule has 0 aliphatic heterocycles. The van der Waals surface area contributed by atoms with E-state index >= 15 is 0 Å². The molecule has 0 saturated heterocycles. The van der Waals surface area contributed by atoms with Gasteiger partial charge in [0.25, 0.3) is 0 Å². The number of halogens is 1. The molecule has 1 aromatic rings. The molecule has 1 aromatic carbocycles. The van der Waals surface area contributed by atoms with Crippen molar-refractivity contribution < 1.29 is 12.8 Å². The molecular weight excluding hydrogens is 267 g/mol. The summed E-state index contributed by atoms with van der Waals surface area (Å²) in [5, 5.41) is 2.56. The topological polar surface area (TPSA) is 58.2 Å². The van der Waals surface area contributed by atoms with Crippen molar-refractivity contribution in [1.29, 1.82) is 0 Å². The van der Waals surface area contributed by atoms with Crippen molar-refractivity contribution in [2.45, 2.75) is 38.0 Å². The Morgan fingerprint density at radius 3 is 2.68 bits per heavy atom. The highest BCUT2D eigenvalue weighted by molar-refractivity contribution is 7.93. The van der Waals surface area contributed by atoms with Gasteiger partial charge in [-0.2, -0.15) is 0 Å². The summed E-state index contributed by atoms with van der Waals surface area (Å²) in [4.78, 5) is 0. The van der Waals surface area contributed by atoms with E-state index in [2.05, 4.69) is 10.0 Å². The van der Waals surface area contributed by atoms with Crippen molar-refractivity contribution in [3.05, 3.63) is 29.6 Å². The first-order valence-electron chi connectivity index (χ1n) is 6.40. The van der Waals surface area contributed by atoms with Crippen LogP contribution >= 0.6 is 0 Å². The molecule has 0 bridgehead atoms. The Morgan fingerprint density at radius 1 is 1.42 bits per heavy atom. The van der Waals surface area contributed by atoms with Crippen LogP contribution in [-0.4, -0.2) is 26.3 Å². The Hall–Kier alpha value is -1.14. The van der Waals surface area contributed by atoms with Gasteiger partial charge in [0.05, 0.1) is 10.9 Å². The molecule has 1 unspecified atom stereocenters. The van der Waals surface area contributed by atoms with Gasteiger partial charge in [-0.1, -0.05) is 12.1 Å². The first kappa shape index (κ1) is 14.3. The Morgan fingerprint density at radius 2 is 2.11 bits per heavy atom. The van der Waals surface area contributed by atoms with Gasteiger partial charge in [0, 0.05) is 12.6 Å². The van der Waals surface area contributed by atoms with Gasteiger partial charge in [-0.05, 0) is 38.3 Å². The lowest BCUT2D eigenvalue weighted by Gasteiger charge is -2.17. The molecule has 0 spiro atoms. The van der Waals surface area contributed by atoms with Crippen LogP contribution < -0.4 is 10.0 Å². The summed E-state index contributed by atoms with van der Waals surface area (Å²) >= 11 is 0. The highest BCUT2D eigenvalue weighted by atomic mass is 32.2. The van der Waals surface area contributed by atoms with E-state index in [9.17, 15) is 12.8 Å². The van der Waals surface area contributed by atoms with E-state index < -0.39 is 21.1 Å². The van der Waals surface area contributed by atoms with Gasteiger partial charge in [-0.15, -0.1) is 0 Å². The third-order valence-electron chi connectivity index (χ3n) is 3.27. The molecule has 2 rings (SSSR count). The minimum atomic E-state index is -3.58. The molecule has 1 aliphatic rings. The number of sulfonamides is 1. The van der Waals surface area contributed by atoms with E-state index in [1.165, 1.54) is 6.07 Å². The van der Waals surface area contributed by atoms with Crippen LogP contribution in [0.25, 0.3) is 0 Å². The van der Waals surface area contributed by atoms with Crippen molar-refractivity contribution >= 4 is 15.7 Å². The Labute approximate surface area is 113 Å².